The standard InChI is InChI=1S/C23H19NO7/c1-30-16-6-2-14(3-7-16)12-21(25)24-15-4-8-17(9-5-15)31-18-10-11-19(22(26)27)20(13-18)23(28)29/h2-11,13H,12H2,1H3,(H,24,25)(H,26,27)(H,28,29). The third kappa shape index (κ3) is 5.60. The lowest BCUT2D eigenvalue weighted by Crippen LogP contribution is -2.14. The maximum atomic E-state index is 12.2. The number of carboxylic acids is 2. The molecule has 1 amide bonds. The molecule has 0 saturated carbocycles. The molecule has 3 rings (SSSR count). The third-order valence-corrected chi connectivity index (χ3v) is 4.35. The fraction of sp³-hybridized carbons (Fsp3) is 0.0870. The van der Waals surface area contributed by atoms with E-state index in [2.05, 4.69) is 5.32 Å². The predicted octanol–water partition coefficient (Wildman–Crippen LogP) is 4.07. The molecule has 0 aliphatic carbocycles. The van der Waals surface area contributed by atoms with E-state index in [1.54, 1.807) is 43.5 Å². The Balaban J connectivity index is 1.63. The van der Waals surface area contributed by atoms with Crippen LogP contribution < -0.4 is 14.8 Å². The number of anilines is 1. The number of nitrogens with one attached hydrogen (secondary N) is 1. The van der Waals surface area contributed by atoms with Crippen LogP contribution in [0.4, 0.5) is 5.69 Å². The summed E-state index contributed by atoms with van der Waals surface area (Å²) in [5.74, 6) is -1.59. The molecule has 8 nitrogen and oxygen atoms in total. The van der Waals surface area contributed by atoms with Crippen LogP contribution in [0, 0.1) is 0 Å². The summed E-state index contributed by atoms with van der Waals surface area (Å²) in [5.41, 5.74) is 0.720. The largest absolute Gasteiger partial charge is 0.497 e. The zero-order valence-corrected chi connectivity index (χ0v) is 16.5. The molecule has 0 radical (unpaired) electrons. The number of hydrogen-bond acceptors (Lipinski definition) is 5. The molecular formula is C23H19NO7. The SMILES string of the molecule is COc1ccc(CC(=O)Nc2ccc(Oc3ccc(C(=O)O)c(C(=O)O)c3)cc2)cc1. The van der Waals surface area contributed by atoms with Crippen molar-refractivity contribution in [3.63, 3.8) is 0 Å². The zero-order valence-electron chi connectivity index (χ0n) is 16.5. The summed E-state index contributed by atoms with van der Waals surface area (Å²) in [4.78, 5) is 34.6. The number of ether oxygens (including phenoxy) is 2. The van der Waals surface area contributed by atoms with E-state index in [4.69, 9.17) is 14.6 Å². The first-order chi connectivity index (χ1) is 14.9. The van der Waals surface area contributed by atoms with Crippen molar-refractivity contribution in [2.24, 2.45) is 0 Å². The van der Waals surface area contributed by atoms with Crippen LogP contribution in [0.25, 0.3) is 0 Å². The topological polar surface area (TPSA) is 122 Å². The number of carbonyl (C=O) groups is 3. The van der Waals surface area contributed by atoms with Crippen molar-refractivity contribution in [2.45, 2.75) is 6.42 Å². The van der Waals surface area contributed by atoms with E-state index in [1.165, 1.54) is 12.1 Å². The van der Waals surface area contributed by atoms with E-state index in [-0.39, 0.29) is 29.2 Å². The van der Waals surface area contributed by atoms with Crippen molar-refractivity contribution >= 4 is 23.5 Å². The summed E-state index contributed by atoms with van der Waals surface area (Å²) in [6.07, 6.45) is 0.205. The second kappa shape index (κ2) is 9.45. The average molecular weight is 421 g/mol. The number of hydrogen-bond donors (Lipinski definition) is 3. The van der Waals surface area contributed by atoms with Gasteiger partial charge in [-0.1, -0.05) is 12.1 Å². The molecule has 0 spiro atoms. The first-order valence-corrected chi connectivity index (χ1v) is 9.17. The summed E-state index contributed by atoms with van der Waals surface area (Å²) in [6, 6.07) is 17.4. The van der Waals surface area contributed by atoms with Gasteiger partial charge < -0.3 is 25.0 Å². The fourth-order valence-corrected chi connectivity index (χ4v) is 2.83. The Kier molecular flexibility index (Phi) is 6.51. The second-order valence-corrected chi connectivity index (χ2v) is 6.52. The molecule has 3 aromatic rings. The highest BCUT2D eigenvalue weighted by Gasteiger charge is 2.17. The molecule has 0 unspecified atom stereocenters. The molecule has 31 heavy (non-hydrogen) atoms. The van der Waals surface area contributed by atoms with Gasteiger partial charge in [-0.2, -0.15) is 0 Å². The summed E-state index contributed by atoms with van der Waals surface area (Å²) in [6.45, 7) is 0. The van der Waals surface area contributed by atoms with E-state index < -0.39 is 11.9 Å². The van der Waals surface area contributed by atoms with Crippen LogP contribution in [0.15, 0.2) is 66.7 Å². The number of methoxy groups -OCH3 is 1. The molecule has 0 fully saturated rings. The van der Waals surface area contributed by atoms with Gasteiger partial charge in [-0.3, -0.25) is 4.79 Å². The maximum absolute atomic E-state index is 12.2. The Morgan fingerprint density at radius 3 is 1.94 bits per heavy atom. The normalized spacial score (nSPS) is 10.2. The van der Waals surface area contributed by atoms with Crippen LogP contribution in [0.3, 0.4) is 0 Å². The molecule has 0 atom stereocenters. The van der Waals surface area contributed by atoms with Crippen LogP contribution >= 0.6 is 0 Å². The number of amides is 1. The quantitative estimate of drug-likeness (QED) is 0.501. The highest BCUT2D eigenvalue weighted by atomic mass is 16.5. The molecule has 158 valence electrons. The zero-order chi connectivity index (χ0) is 22.4. The molecular weight excluding hydrogens is 402 g/mol. The molecule has 0 heterocycles. The van der Waals surface area contributed by atoms with Crippen molar-refractivity contribution < 1.29 is 34.1 Å². The van der Waals surface area contributed by atoms with E-state index in [0.717, 1.165) is 11.6 Å². The van der Waals surface area contributed by atoms with Crippen molar-refractivity contribution in [1.82, 2.24) is 0 Å². The maximum Gasteiger partial charge on any atom is 0.336 e. The van der Waals surface area contributed by atoms with Gasteiger partial charge >= 0.3 is 11.9 Å². The van der Waals surface area contributed by atoms with Crippen LogP contribution in [-0.2, 0) is 11.2 Å². The van der Waals surface area contributed by atoms with Gasteiger partial charge in [0, 0.05) is 5.69 Å². The van der Waals surface area contributed by atoms with E-state index in [0.29, 0.717) is 17.2 Å². The van der Waals surface area contributed by atoms with Crippen LogP contribution in [0.1, 0.15) is 26.3 Å². The minimum atomic E-state index is -1.36. The highest BCUT2D eigenvalue weighted by molar-refractivity contribution is 6.02. The molecule has 0 saturated heterocycles. The third-order valence-electron chi connectivity index (χ3n) is 4.35. The van der Waals surface area contributed by atoms with E-state index in [9.17, 15) is 19.5 Å². The van der Waals surface area contributed by atoms with E-state index in [1.807, 2.05) is 12.1 Å². The van der Waals surface area contributed by atoms with Gasteiger partial charge in [-0.25, -0.2) is 9.59 Å². The summed E-state index contributed by atoms with van der Waals surface area (Å²) in [7, 11) is 1.57. The van der Waals surface area contributed by atoms with Crippen LogP contribution in [0.2, 0.25) is 0 Å². The fourth-order valence-electron chi connectivity index (χ4n) is 2.83. The monoisotopic (exact) mass is 421 g/mol. The van der Waals surface area contributed by atoms with Crippen molar-refractivity contribution in [3.05, 3.63) is 83.4 Å². The van der Waals surface area contributed by atoms with Crippen LogP contribution in [-0.4, -0.2) is 35.2 Å². The van der Waals surface area contributed by atoms with Gasteiger partial charge in [0.1, 0.15) is 17.2 Å². The van der Waals surface area contributed by atoms with Gasteiger partial charge in [-0.05, 0) is 60.2 Å². The second-order valence-electron chi connectivity index (χ2n) is 6.52. The molecule has 8 heteroatoms. The first-order valence-electron chi connectivity index (χ1n) is 9.17. The van der Waals surface area contributed by atoms with Gasteiger partial charge in [0.25, 0.3) is 0 Å². The van der Waals surface area contributed by atoms with Gasteiger partial charge in [-0.15, -0.1) is 0 Å². The summed E-state index contributed by atoms with van der Waals surface area (Å²) >= 11 is 0. The molecule has 0 aromatic heterocycles. The molecule has 0 bridgehead atoms. The minimum Gasteiger partial charge on any atom is -0.497 e. The smallest absolute Gasteiger partial charge is 0.336 e. The van der Waals surface area contributed by atoms with Gasteiger partial charge in [0.15, 0.2) is 0 Å². The lowest BCUT2D eigenvalue weighted by molar-refractivity contribution is -0.115. The minimum absolute atomic E-state index is 0.179. The number of carboxylic acid groups (broad SMARTS) is 2. The van der Waals surface area contributed by atoms with Crippen molar-refractivity contribution in [2.75, 3.05) is 12.4 Å². The number of carbonyl (C=O) groups excluding carboxylic acids is 1. The first kappa shape index (κ1) is 21.4. The lowest BCUT2D eigenvalue weighted by atomic mass is 10.1. The lowest BCUT2D eigenvalue weighted by Gasteiger charge is -2.10. The molecule has 0 aliphatic heterocycles. The van der Waals surface area contributed by atoms with Crippen LogP contribution in [0.5, 0.6) is 17.2 Å². The Bertz CT molecular complexity index is 1110. The molecule has 3 N–H and O–H groups in total. The summed E-state index contributed by atoms with van der Waals surface area (Å²) in [5, 5.41) is 21.0. The van der Waals surface area contributed by atoms with Gasteiger partial charge in [0.05, 0.1) is 24.7 Å². The predicted molar refractivity (Wildman–Crippen MR) is 112 cm³/mol. The molecule has 0 aliphatic rings. The Hall–Kier alpha value is -4.33. The van der Waals surface area contributed by atoms with Crippen molar-refractivity contribution in [3.8, 4) is 17.2 Å². The van der Waals surface area contributed by atoms with E-state index >= 15 is 0 Å². The Labute approximate surface area is 177 Å². The number of rotatable bonds is 8. The van der Waals surface area contributed by atoms with Gasteiger partial charge in [0.2, 0.25) is 5.91 Å². The Morgan fingerprint density at radius 1 is 0.774 bits per heavy atom. The Morgan fingerprint density at radius 2 is 1.35 bits per heavy atom. The van der Waals surface area contributed by atoms with Crippen molar-refractivity contribution in [1.29, 1.82) is 0 Å². The number of aromatic carboxylic acids is 2. The average Bonchev–Trinajstić information content (AvgIpc) is 2.75. The summed E-state index contributed by atoms with van der Waals surface area (Å²) < 4.78 is 10.7. The highest BCUT2D eigenvalue weighted by Crippen LogP contribution is 2.26. The number of benzene rings is 3. The molecule has 3 aromatic carbocycles.